The van der Waals surface area contributed by atoms with E-state index in [-0.39, 0.29) is 11.9 Å². The minimum absolute atomic E-state index is 0.186. The minimum Gasteiger partial charge on any atom is -0.306 e. The van der Waals surface area contributed by atoms with Gasteiger partial charge in [-0.3, -0.25) is 0 Å². The smallest absolute Gasteiger partial charge is 0.128 e. The maximum atomic E-state index is 14.1. The first kappa shape index (κ1) is 15.7. The topological polar surface area (TPSA) is 12.0 Å². The van der Waals surface area contributed by atoms with Gasteiger partial charge in [-0.25, -0.2) is 4.39 Å². The molecule has 20 heavy (non-hydrogen) atoms. The molecule has 0 aliphatic carbocycles. The Labute approximate surface area is 137 Å². The second-order valence-corrected chi connectivity index (χ2v) is 6.26. The monoisotopic (exact) mass is 403 g/mol. The standard InChI is InChI=1S/C16H16ClFIN/c1-3-20-16(11-5-7-15(19)13(17)9-11)12-8-10(2)4-6-14(12)18/h4-9,16,20H,3H2,1-2H3. The summed E-state index contributed by atoms with van der Waals surface area (Å²) in [6, 6.07) is 10.8. The fraction of sp³-hybridized carbons (Fsp3) is 0.250. The number of aryl methyl sites for hydroxylation is 1. The molecule has 0 heterocycles. The van der Waals surface area contributed by atoms with E-state index in [0.717, 1.165) is 21.2 Å². The van der Waals surface area contributed by atoms with Crippen molar-refractivity contribution >= 4 is 34.2 Å². The number of benzene rings is 2. The molecule has 0 saturated carbocycles. The molecule has 2 rings (SSSR count). The van der Waals surface area contributed by atoms with Crippen molar-refractivity contribution in [1.29, 1.82) is 0 Å². The predicted molar refractivity (Wildman–Crippen MR) is 90.8 cm³/mol. The molecular weight excluding hydrogens is 388 g/mol. The fourth-order valence-corrected chi connectivity index (χ4v) is 2.71. The van der Waals surface area contributed by atoms with Gasteiger partial charge in [-0.1, -0.05) is 42.3 Å². The largest absolute Gasteiger partial charge is 0.306 e. The molecular formula is C16H16ClFIN. The third-order valence-electron chi connectivity index (χ3n) is 3.15. The van der Waals surface area contributed by atoms with E-state index in [0.29, 0.717) is 10.6 Å². The maximum absolute atomic E-state index is 14.1. The number of nitrogens with one attached hydrogen (secondary N) is 1. The summed E-state index contributed by atoms with van der Waals surface area (Å²) in [5.74, 6) is -0.198. The molecule has 0 saturated heterocycles. The second kappa shape index (κ2) is 6.87. The van der Waals surface area contributed by atoms with Crippen molar-refractivity contribution in [2.75, 3.05) is 6.54 Å². The minimum atomic E-state index is -0.198. The molecule has 1 unspecified atom stereocenters. The number of hydrogen-bond acceptors (Lipinski definition) is 1. The van der Waals surface area contributed by atoms with Gasteiger partial charge in [0, 0.05) is 9.13 Å². The lowest BCUT2D eigenvalue weighted by Crippen LogP contribution is -2.23. The van der Waals surface area contributed by atoms with Crippen LogP contribution in [0.2, 0.25) is 5.02 Å². The summed E-state index contributed by atoms with van der Waals surface area (Å²) in [6.45, 7) is 4.73. The van der Waals surface area contributed by atoms with Crippen molar-refractivity contribution in [3.8, 4) is 0 Å². The Bertz CT molecular complexity index is 615. The lowest BCUT2D eigenvalue weighted by Gasteiger charge is -2.20. The molecule has 1 N–H and O–H groups in total. The zero-order valence-electron chi connectivity index (χ0n) is 11.4. The average Bonchev–Trinajstić information content (AvgIpc) is 2.42. The van der Waals surface area contributed by atoms with Gasteiger partial charge < -0.3 is 5.32 Å². The Balaban J connectivity index is 2.49. The van der Waals surface area contributed by atoms with Gasteiger partial charge in [0.05, 0.1) is 11.1 Å². The summed E-state index contributed by atoms with van der Waals surface area (Å²) in [5, 5.41) is 4.02. The Hall–Kier alpha value is -0.650. The van der Waals surface area contributed by atoms with Gasteiger partial charge in [0.25, 0.3) is 0 Å². The fourth-order valence-electron chi connectivity index (χ4n) is 2.19. The van der Waals surface area contributed by atoms with Crippen molar-refractivity contribution in [3.63, 3.8) is 0 Å². The highest BCUT2D eigenvalue weighted by atomic mass is 127. The van der Waals surface area contributed by atoms with Crippen LogP contribution in [0.5, 0.6) is 0 Å². The van der Waals surface area contributed by atoms with Crippen LogP contribution in [-0.2, 0) is 0 Å². The highest BCUT2D eigenvalue weighted by Crippen LogP contribution is 2.29. The Morgan fingerprint density at radius 2 is 2.00 bits per heavy atom. The lowest BCUT2D eigenvalue weighted by molar-refractivity contribution is 0.558. The lowest BCUT2D eigenvalue weighted by atomic mass is 9.97. The molecule has 0 spiro atoms. The number of hydrogen-bond donors (Lipinski definition) is 1. The van der Waals surface area contributed by atoms with Gasteiger partial charge >= 0.3 is 0 Å². The van der Waals surface area contributed by atoms with Crippen molar-refractivity contribution in [1.82, 2.24) is 5.32 Å². The third kappa shape index (κ3) is 3.51. The van der Waals surface area contributed by atoms with Crippen molar-refractivity contribution in [2.24, 2.45) is 0 Å². The van der Waals surface area contributed by atoms with Crippen molar-refractivity contribution in [2.45, 2.75) is 19.9 Å². The van der Waals surface area contributed by atoms with E-state index in [1.54, 1.807) is 6.07 Å². The number of rotatable bonds is 4. The maximum Gasteiger partial charge on any atom is 0.128 e. The summed E-state index contributed by atoms with van der Waals surface area (Å²) < 4.78 is 15.1. The molecule has 0 fully saturated rings. The molecule has 0 amide bonds. The molecule has 0 aromatic heterocycles. The molecule has 2 aromatic rings. The Morgan fingerprint density at radius 1 is 1.25 bits per heavy atom. The first-order chi connectivity index (χ1) is 9.52. The Morgan fingerprint density at radius 3 is 2.65 bits per heavy atom. The van der Waals surface area contributed by atoms with E-state index in [9.17, 15) is 4.39 Å². The molecule has 0 aliphatic rings. The van der Waals surface area contributed by atoms with Crippen LogP contribution in [-0.4, -0.2) is 6.54 Å². The van der Waals surface area contributed by atoms with Crippen molar-refractivity contribution < 1.29 is 4.39 Å². The van der Waals surface area contributed by atoms with Crippen LogP contribution in [0.4, 0.5) is 4.39 Å². The molecule has 106 valence electrons. The second-order valence-electron chi connectivity index (χ2n) is 4.69. The summed E-state index contributed by atoms with van der Waals surface area (Å²) >= 11 is 8.37. The van der Waals surface area contributed by atoms with Gasteiger partial charge in [-0.05, 0) is 59.8 Å². The predicted octanol–water partition coefficient (Wildman–Crippen LogP) is 5.09. The molecule has 2 aromatic carbocycles. The molecule has 0 aliphatic heterocycles. The van der Waals surface area contributed by atoms with Crippen LogP contribution in [0.25, 0.3) is 0 Å². The van der Waals surface area contributed by atoms with E-state index >= 15 is 0 Å². The average molecular weight is 404 g/mol. The summed E-state index contributed by atoms with van der Waals surface area (Å²) in [7, 11) is 0. The van der Waals surface area contributed by atoms with Crippen LogP contribution >= 0.6 is 34.2 Å². The van der Waals surface area contributed by atoms with Gasteiger partial charge in [0.1, 0.15) is 5.82 Å². The van der Waals surface area contributed by atoms with Gasteiger partial charge in [-0.15, -0.1) is 0 Å². The van der Waals surface area contributed by atoms with E-state index in [4.69, 9.17) is 11.6 Å². The van der Waals surface area contributed by atoms with Crippen LogP contribution in [0.1, 0.15) is 29.7 Å². The first-order valence-electron chi connectivity index (χ1n) is 6.47. The van der Waals surface area contributed by atoms with Crippen LogP contribution in [0.15, 0.2) is 36.4 Å². The van der Waals surface area contributed by atoms with Crippen molar-refractivity contribution in [3.05, 3.63) is 67.5 Å². The molecule has 0 bridgehead atoms. The van der Waals surface area contributed by atoms with Gasteiger partial charge in [0.2, 0.25) is 0 Å². The first-order valence-corrected chi connectivity index (χ1v) is 7.93. The Kier molecular flexibility index (Phi) is 5.41. The molecule has 0 radical (unpaired) electrons. The summed E-state index contributed by atoms with van der Waals surface area (Å²) in [6.07, 6.45) is 0. The van der Waals surface area contributed by atoms with E-state index < -0.39 is 0 Å². The molecule has 4 heteroatoms. The van der Waals surface area contributed by atoms with Gasteiger partial charge in [-0.2, -0.15) is 0 Å². The van der Waals surface area contributed by atoms with E-state index in [2.05, 4.69) is 27.9 Å². The molecule has 1 atom stereocenters. The summed E-state index contributed by atoms with van der Waals surface area (Å²) in [4.78, 5) is 0. The normalized spacial score (nSPS) is 12.4. The quantitative estimate of drug-likeness (QED) is 0.701. The zero-order chi connectivity index (χ0) is 14.7. The van der Waals surface area contributed by atoms with Crippen LogP contribution in [0.3, 0.4) is 0 Å². The van der Waals surface area contributed by atoms with Crippen LogP contribution < -0.4 is 5.32 Å². The number of halogens is 3. The third-order valence-corrected chi connectivity index (χ3v) is 4.72. The van der Waals surface area contributed by atoms with Crippen LogP contribution in [0, 0.1) is 16.3 Å². The highest BCUT2D eigenvalue weighted by Gasteiger charge is 2.18. The summed E-state index contributed by atoms with van der Waals surface area (Å²) in [5.41, 5.74) is 2.67. The highest BCUT2D eigenvalue weighted by molar-refractivity contribution is 14.1. The molecule has 1 nitrogen and oxygen atoms in total. The van der Waals surface area contributed by atoms with Gasteiger partial charge in [0.15, 0.2) is 0 Å². The van der Waals surface area contributed by atoms with E-state index in [1.165, 1.54) is 6.07 Å². The zero-order valence-corrected chi connectivity index (χ0v) is 14.3. The van der Waals surface area contributed by atoms with E-state index in [1.807, 2.05) is 38.1 Å². The SMILES string of the molecule is CCNC(c1ccc(I)c(Cl)c1)c1cc(C)ccc1F.